The lowest BCUT2D eigenvalue weighted by Gasteiger charge is -2.07. The van der Waals surface area contributed by atoms with Crippen LogP contribution in [0.3, 0.4) is 0 Å². The predicted octanol–water partition coefficient (Wildman–Crippen LogP) is 3.36. The normalized spacial score (nSPS) is 15.9. The second-order valence-electron chi connectivity index (χ2n) is 4.97. The first-order chi connectivity index (χ1) is 10.3. The molecule has 2 heterocycles. The van der Waals surface area contributed by atoms with Crippen LogP contribution in [0.25, 0.3) is 22.1 Å². The molecule has 0 aliphatic heterocycles. The molecule has 102 valence electrons. The minimum Gasteiger partial charge on any atom is -0.437 e. The molecule has 4 heteroatoms. The number of aryl methyl sites for hydroxylation is 1. The summed E-state index contributed by atoms with van der Waals surface area (Å²) in [5.41, 5.74) is 7.50. The first-order valence-corrected chi connectivity index (χ1v) is 6.27. The zero-order valence-corrected chi connectivity index (χ0v) is 11.4. The minimum absolute atomic E-state index is 0.0887. The summed E-state index contributed by atoms with van der Waals surface area (Å²) in [5.74, 6) is -0.732. The van der Waals surface area contributed by atoms with E-state index in [0.29, 0.717) is 33.3 Å². The molecule has 0 bridgehead atoms. The summed E-state index contributed by atoms with van der Waals surface area (Å²) in [6.07, 6.45) is 0. The van der Waals surface area contributed by atoms with Gasteiger partial charge in [-0.3, -0.25) is 4.79 Å². The number of fused-ring (bicyclic) bond motifs is 2. The van der Waals surface area contributed by atoms with Gasteiger partial charge in [0, 0.05) is 2.74 Å². The molecule has 1 atom stereocenters. The Hall–Kier alpha value is -2.36. The van der Waals surface area contributed by atoms with Crippen LogP contribution in [0.2, 0.25) is 0 Å². The molecule has 20 heavy (non-hydrogen) atoms. The van der Waals surface area contributed by atoms with E-state index in [4.69, 9.17) is 12.9 Å². The topological polar surface area (TPSA) is 69.1 Å². The van der Waals surface area contributed by atoms with Gasteiger partial charge in [0.2, 0.25) is 11.1 Å². The summed E-state index contributed by atoms with van der Waals surface area (Å²) in [7, 11) is 0. The van der Waals surface area contributed by atoms with Crippen molar-refractivity contribution in [2.24, 2.45) is 0 Å². The fourth-order valence-corrected chi connectivity index (χ4v) is 2.16. The molecular formula is C16H16N2O2. The Kier molecular flexibility index (Phi) is 2.26. The highest BCUT2D eigenvalue weighted by atomic mass is 16.3. The van der Waals surface area contributed by atoms with Crippen molar-refractivity contribution in [2.75, 3.05) is 5.73 Å². The van der Waals surface area contributed by atoms with Gasteiger partial charge in [0.15, 0.2) is 0 Å². The number of anilines is 1. The molecule has 4 nitrogen and oxygen atoms in total. The largest absolute Gasteiger partial charge is 0.437 e. The van der Waals surface area contributed by atoms with Crippen LogP contribution in [0.1, 0.15) is 33.6 Å². The van der Waals surface area contributed by atoms with Crippen LogP contribution in [-0.4, -0.2) is 4.98 Å². The van der Waals surface area contributed by atoms with E-state index in [1.165, 1.54) is 0 Å². The smallest absolute Gasteiger partial charge is 0.232 e. The zero-order chi connectivity index (χ0) is 16.1. The Balaban J connectivity index is 2.38. The average molecular weight is 270 g/mol. The number of benzene rings is 1. The van der Waals surface area contributed by atoms with Crippen molar-refractivity contribution in [3.8, 4) is 0 Å². The number of nitrogens with zero attached hydrogens (tertiary/aromatic N) is 1. The van der Waals surface area contributed by atoms with Gasteiger partial charge in [0.25, 0.3) is 0 Å². The van der Waals surface area contributed by atoms with Gasteiger partial charge in [-0.05, 0) is 42.1 Å². The highest BCUT2D eigenvalue weighted by Crippen LogP contribution is 2.23. The van der Waals surface area contributed by atoms with Gasteiger partial charge in [-0.2, -0.15) is 4.98 Å². The van der Waals surface area contributed by atoms with E-state index in [0.717, 1.165) is 0 Å². The van der Waals surface area contributed by atoms with Crippen LogP contribution >= 0.6 is 0 Å². The van der Waals surface area contributed by atoms with E-state index in [1.807, 2.05) is 0 Å². The van der Waals surface area contributed by atoms with Crippen LogP contribution in [-0.2, 0) is 0 Å². The summed E-state index contributed by atoms with van der Waals surface area (Å²) in [5, 5.41) is 0.761. The summed E-state index contributed by atoms with van der Waals surface area (Å²) in [6.45, 7) is 3.34. The van der Waals surface area contributed by atoms with Crippen molar-refractivity contribution in [2.45, 2.75) is 26.6 Å². The van der Waals surface area contributed by atoms with Crippen molar-refractivity contribution in [3.63, 3.8) is 0 Å². The molecule has 1 aromatic carbocycles. The maximum Gasteiger partial charge on any atom is 0.232 e. The van der Waals surface area contributed by atoms with Crippen molar-refractivity contribution < 1.29 is 7.16 Å². The van der Waals surface area contributed by atoms with Gasteiger partial charge in [-0.1, -0.05) is 19.9 Å². The maximum atomic E-state index is 12.7. The van der Waals surface area contributed by atoms with Crippen molar-refractivity contribution in [1.29, 1.82) is 0 Å². The zero-order valence-electron chi connectivity index (χ0n) is 13.4. The van der Waals surface area contributed by atoms with E-state index in [2.05, 4.69) is 4.98 Å². The number of nitrogens with two attached hydrogens (primary N) is 1. The fraction of sp³-hybridized carbons (Fsp3) is 0.250. The van der Waals surface area contributed by atoms with Crippen LogP contribution in [0, 0.1) is 6.92 Å². The van der Waals surface area contributed by atoms with Crippen LogP contribution in [0.5, 0.6) is 0 Å². The Bertz CT molecular complexity index is 948. The first-order valence-electron chi connectivity index (χ1n) is 7.47. The standard InChI is InChI=1S/C16H16N2O2/c1-8(2)10-4-5-13-11(7-10)14(19)12-6-9(3)15(17)18-16(12)20-13/h4-8H,1-3H3,(H2,17,18)/i1D,8D. The minimum atomic E-state index is -1.06. The van der Waals surface area contributed by atoms with E-state index in [1.54, 1.807) is 38.1 Å². The second-order valence-corrected chi connectivity index (χ2v) is 4.97. The summed E-state index contributed by atoms with van der Waals surface area (Å²) < 4.78 is 21.3. The monoisotopic (exact) mass is 270 g/mol. The third kappa shape index (κ3) is 1.84. The highest BCUT2D eigenvalue weighted by Gasteiger charge is 2.12. The molecule has 3 rings (SSSR count). The summed E-state index contributed by atoms with van der Waals surface area (Å²) >= 11 is 0. The number of rotatable bonds is 1. The molecule has 2 aromatic heterocycles. The molecule has 0 saturated carbocycles. The lowest BCUT2D eigenvalue weighted by atomic mass is 10.0. The van der Waals surface area contributed by atoms with Gasteiger partial charge in [-0.25, -0.2) is 0 Å². The molecule has 0 saturated heterocycles. The van der Waals surface area contributed by atoms with Crippen molar-refractivity contribution >= 4 is 27.9 Å². The molecule has 2 N–H and O–H groups in total. The number of hydrogen-bond acceptors (Lipinski definition) is 4. The van der Waals surface area contributed by atoms with E-state index < -0.39 is 5.89 Å². The quantitative estimate of drug-likeness (QED) is 0.688. The lowest BCUT2D eigenvalue weighted by molar-refractivity contribution is 0.645. The van der Waals surface area contributed by atoms with Crippen molar-refractivity contribution in [1.82, 2.24) is 4.98 Å². The highest BCUT2D eigenvalue weighted by molar-refractivity contribution is 5.89. The van der Waals surface area contributed by atoms with Crippen molar-refractivity contribution in [3.05, 3.63) is 45.6 Å². The molecule has 0 aliphatic rings. The fourth-order valence-electron chi connectivity index (χ4n) is 2.16. The number of pyridine rings is 1. The first kappa shape index (κ1) is 10.4. The van der Waals surface area contributed by atoms with Gasteiger partial charge >= 0.3 is 0 Å². The molecular weight excluding hydrogens is 252 g/mol. The predicted molar refractivity (Wildman–Crippen MR) is 81.0 cm³/mol. The van der Waals surface area contributed by atoms with Gasteiger partial charge in [-0.15, -0.1) is 0 Å². The summed E-state index contributed by atoms with van der Waals surface area (Å²) in [4.78, 5) is 16.8. The number of hydrogen-bond donors (Lipinski definition) is 1. The van der Waals surface area contributed by atoms with E-state index >= 15 is 0 Å². The SMILES string of the molecule is [2H]CC([2H])(C)c1ccc2oc3nc(N)c(C)cc3c(=O)c2c1. The third-order valence-corrected chi connectivity index (χ3v) is 3.39. The molecule has 0 fully saturated rings. The number of aromatic nitrogens is 1. The Morgan fingerprint density at radius 2 is 2.20 bits per heavy atom. The molecule has 0 spiro atoms. The maximum absolute atomic E-state index is 12.7. The second kappa shape index (κ2) is 4.34. The van der Waals surface area contributed by atoms with Crippen LogP contribution in [0.15, 0.2) is 33.5 Å². The number of nitrogen functional groups attached to an aromatic ring is 1. The van der Waals surface area contributed by atoms with Crippen LogP contribution < -0.4 is 11.2 Å². The van der Waals surface area contributed by atoms with Gasteiger partial charge in [0.1, 0.15) is 11.4 Å². The van der Waals surface area contributed by atoms with Gasteiger partial charge in [0.05, 0.1) is 10.8 Å². The van der Waals surface area contributed by atoms with E-state index in [9.17, 15) is 4.79 Å². The molecule has 0 aliphatic carbocycles. The Morgan fingerprint density at radius 1 is 1.40 bits per heavy atom. The molecule has 1 unspecified atom stereocenters. The Morgan fingerprint density at radius 3 is 2.95 bits per heavy atom. The van der Waals surface area contributed by atoms with Gasteiger partial charge < -0.3 is 10.2 Å². The van der Waals surface area contributed by atoms with E-state index in [-0.39, 0.29) is 18.0 Å². The van der Waals surface area contributed by atoms with Crippen LogP contribution in [0.4, 0.5) is 5.82 Å². The molecule has 0 radical (unpaired) electrons. The molecule has 3 aromatic rings. The summed E-state index contributed by atoms with van der Waals surface area (Å²) in [6, 6.07) is 6.65. The lowest BCUT2D eigenvalue weighted by Crippen LogP contribution is -2.06. The average Bonchev–Trinajstić information content (AvgIpc) is 2.49. The Labute approximate surface area is 119 Å². The molecule has 0 amide bonds. The third-order valence-electron chi connectivity index (χ3n) is 3.39.